The second kappa shape index (κ2) is 10.3. The van der Waals surface area contributed by atoms with Gasteiger partial charge in [-0.3, -0.25) is 0 Å². The van der Waals surface area contributed by atoms with Crippen LogP contribution in [0.4, 0.5) is 0 Å². The molecule has 29 heavy (non-hydrogen) atoms. The van der Waals surface area contributed by atoms with Gasteiger partial charge in [0.2, 0.25) is 0 Å². The van der Waals surface area contributed by atoms with Crippen molar-refractivity contribution >= 4 is 11.6 Å². The predicted molar refractivity (Wildman–Crippen MR) is 122 cm³/mol. The van der Waals surface area contributed by atoms with Crippen molar-refractivity contribution in [2.24, 2.45) is 5.92 Å². The lowest BCUT2D eigenvalue weighted by molar-refractivity contribution is 0.162. The Morgan fingerprint density at radius 3 is 2.38 bits per heavy atom. The molecule has 2 atom stereocenters. The fourth-order valence-electron chi connectivity index (χ4n) is 4.67. The molecule has 2 unspecified atom stereocenters. The van der Waals surface area contributed by atoms with Gasteiger partial charge in [0.15, 0.2) is 0 Å². The van der Waals surface area contributed by atoms with Crippen LogP contribution in [0.25, 0.3) is 0 Å². The number of halogens is 1. The van der Waals surface area contributed by atoms with Gasteiger partial charge in [0.05, 0.1) is 11.5 Å². The molecule has 154 valence electrons. The van der Waals surface area contributed by atoms with Crippen LogP contribution in [0, 0.1) is 17.2 Å². The van der Waals surface area contributed by atoms with E-state index in [1.807, 2.05) is 12.1 Å². The molecule has 0 aromatic heterocycles. The Hall–Kier alpha value is -1.82. The Kier molecular flexibility index (Phi) is 7.76. The van der Waals surface area contributed by atoms with Crippen molar-refractivity contribution in [1.82, 2.24) is 4.90 Å². The molecule has 3 rings (SSSR count). The molecule has 0 heterocycles. The first kappa shape index (κ1) is 21.9. The van der Waals surface area contributed by atoms with E-state index in [4.69, 9.17) is 11.6 Å². The highest BCUT2D eigenvalue weighted by Gasteiger charge is 2.43. The monoisotopic (exact) mass is 408 g/mol. The molecule has 2 aromatic carbocycles. The summed E-state index contributed by atoms with van der Waals surface area (Å²) in [6.07, 6.45) is 6.60. The molecule has 0 amide bonds. The molecule has 0 radical (unpaired) electrons. The zero-order valence-corrected chi connectivity index (χ0v) is 18.5. The van der Waals surface area contributed by atoms with Crippen molar-refractivity contribution in [3.8, 4) is 6.07 Å². The van der Waals surface area contributed by atoms with Gasteiger partial charge >= 0.3 is 0 Å². The van der Waals surface area contributed by atoms with E-state index in [-0.39, 0.29) is 5.41 Å². The van der Waals surface area contributed by atoms with Gasteiger partial charge in [-0.05, 0) is 74.8 Å². The summed E-state index contributed by atoms with van der Waals surface area (Å²) in [7, 11) is 0. The number of nitrogens with zero attached hydrogens (tertiary/aromatic N) is 2. The summed E-state index contributed by atoms with van der Waals surface area (Å²) < 4.78 is 0. The van der Waals surface area contributed by atoms with E-state index in [0.29, 0.717) is 12.0 Å². The van der Waals surface area contributed by atoms with Crippen LogP contribution in [-0.2, 0) is 11.8 Å². The molecular formula is C26H33ClN2. The maximum atomic E-state index is 10.3. The Bertz CT molecular complexity index is 792. The van der Waals surface area contributed by atoms with Gasteiger partial charge in [-0.25, -0.2) is 0 Å². The smallest absolute Gasteiger partial charge is 0.0851 e. The van der Waals surface area contributed by atoms with Gasteiger partial charge in [0.25, 0.3) is 0 Å². The van der Waals surface area contributed by atoms with Crippen LogP contribution >= 0.6 is 11.6 Å². The maximum absolute atomic E-state index is 10.3. The fraction of sp³-hybridized carbons (Fsp3) is 0.500. The molecule has 0 bridgehead atoms. The molecule has 0 saturated heterocycles. The molecule has 3 heteroatoms. The Morgan fingerprint density at radius 2 is 1.83 bits per heavy atom. The van der Waals surface area contributed by atoms with Crippen molar-refractivity contribution in [2.75, 3.05) is 13.1 Å². The van der Waals surface area contributed by atoms with Gasteiger partial charge < -0.3 is 4.90 Å². The molecule has 0 aliphatic heterocycles. The molecule has 2 aromatic rings. The van der Waals surface area contributed by atoms with Crippen LogP contribution in [0.2, 0.25) is 5.02 Å². The minimum absolute atomic E-state index is 0.379. The number of likely N-dealkylation sites (N-methyl/N-ethyl adjacent to an activating group) is 1. The minimum Gasteiger partial charge on any atom is -0.301 e. The lowest BCUT2D eigenvalue weighted by Crippen LogP contribution is -2.41. The summed E-state index contributed by atoms with van der Waals surface area (Å²) in [6, 6.07) is 21.9. The highest BCUT2D eigenvalue weighted by Crippen LogP contribution is 2.47. The topological polar surface area (TPSA) is 27.0 Å². The molecule has 1 saturated carbocycles. The minimum atomic E-state index is -0.379. The molecule has 1 aliphatic rings. The van der Waals surface area contributed by atoms with E-state index in [2.05, 4.69) is 67.3 Å². The first-order valence-corrected chi connectivity index (χ1v) is 11.4. The summed E-state index contributed by atoms with van der Waals surface area (Å²) in [5, 5.41) is 11.0. The second-order valence-corrected chi connectivity index (χ2v) is 8.91. The normalized spacial score (nSPS) is 17.3. The summed E-state index contributed by atoms with van der Waals surface area (Å²) in [5.74, 6) is 0.472. The Labute approximate surface area is 181 Å². The number of hydrogen-bond acceptors (Lipinski definition) is 2. The lowest BCUT2D eigenvalue weighted by Gasteiger charge is -2.42. The number of hydrogen-bond donors (Lipinski definition) is 0. The summed E-state index contributed by atoms with van der Waals surface area (Å²) in [6.45, 7) is 6.66. The van der Waals surface area contributed by atoms with Crippen molar-refractivity contribution in [2.45, 2.75) is 63.8 Å². The van der Waals surface area contributed by atoms with Gasteiger partial charge in [0.1, 0.15) is 0 Å². The first-order valence-electron chi connectivity index (χ1n) is 11.0. The number of nitriles is 1. The molecular weight excluding hydrogens is 376 g/mol. The average molecular weight is 409 g/mol. The van der Waals surface area contributed by atoms with Gasteiger partial charge in [-0.1, -0.05) is 67.4 Å². The van der Waals surface area contributed by atoms with E-state index in [1.165, 1.54) is 12.0 Å². The highest BCUT2D eigenvalue weighted by atomic mass is 35.5. The van der Waals surface area contributed by atoms with Crippen molar-refractivity contribution in [3.05, 3.63) is 70.7 Å². The average Bonchev–Trinajstić information content (AvgIpc) is 2.71. The third-order valence-corrected chi connectivity index (χ3v) is 7.13. The molecule has 2 nitrogen and oxygen atoms in total. The number of benzene rings is 2. The first-order chi connectivity index (χ1) is 14.1. The second-order valence-electron chi connectivity index (χ2n) is 8.47. The predicted octanol–water partition coefficient (Wildman–Crippen LogP) is 6.63. The standard InChI is InChI=1S/C26H33ClN2/c1-3-29(19-17-22-8-5-4-6-9-22)21(2)16-18-26(20-28,23-10-7-11-23)24-12-14-25(27)15-13-24/h4-6,8-9,12-15,21,23H,3,7,10-11,16-19H2,1-2H3. The van der Waals surface area contributed by atoms with Crippen LogP contribution in [0.5, 0.6) is 0 Å². The van der Waals surface area contributed by atoms with E-state index >= 15 is 0 Å². The molecule has 1 fully saturated rings. The lowest BCUT2D eigenvalue weighted by atomic mass is 9.60. The van der Waals surface area contributed by atoms with Crippen LogP contribution < -0.4 is 0 Å². The van der Waals surface area contributed by atoms with Crippen LogP contribution in [0.15, 0.2) is 54.6 Å². The SMILES string of the molecule is CCN(CCc1ccccc1)C(C)CCC(C#N)(c1ccc(Cl)cc1)C1CCC1. The molecule has 1 aliphatic carbocycles. The van der Waals surface area contributed by atoms with Crippen molar-refractivity contribution < 1.29 is 0 Å². The van der Waals surface area contributed by atoms with Crippen LogP contribution in [-0.4, -0.2) is 24.0 Å². The number of rotatable bonds is 10. The van der Waals surface area contributed by atoms with Crippen molar-refractivity contribution in [1.29, 1.82) is 5.26 Å². The van der Waals surface area contributed by atoms with Gasteiger partial charge in [-0.15, -0.1) is 0 Å². The molecule has 0 spiro atoms. The maximum Gasteiger partial charge on any atom is 0.0851 e. The summed E-state index contributed by atoms with van der Waals surface area (Å²) in [4.78, 5) is 2.55. The van der Waals surface area contributed by atoms with E-state index < -0.39 is 0 Å². The fourth-order valence-corrected chi connectivity index (χ4v) is 4.80. The van der Waals surface area contributed by atoms with Crippen LogP contribution in [0.1, 0.15) is 57.1 Å². The Morgan fingerprint density at radius 1 is 1.14 bits per heavy atom. The molecule has 0 N–H and O–H groups in total. The zero-order valence-electron chi connectivity index (χ0n) is 17.8. The van der Waals surface area contributed by atoms with Crippen molar-refractivity contribution in [3.63, 3.8) is 0 Å². The largest absolute Gasteiger partial charge is 0.301 e. The zero-order chi connectivity index (χ0) is 20.7. The Balaban J connectivity index is 1.67. The van der Waals surface area contributed by atoms with E-state index in [1.54, 1.807) is 0 Å². The van der Waals surface area contributed by atoms with E-state index in [9.17, 15) is 5.26 Å². The van der Waals surface area contributed by atoms with Crippen LogP contribution in [0.3, 0.4) is 0 Å². The van der Waals surface area contributed by atoms with E-state index in [0.717, 1.165) is 55.8 Å². The third-order valence-electron chi connectivity index (χ3n) is 6.88. The summed E-state index contributed by atoms with van der Waals surface area (Å²) >= 11 is 6.12. The third kappa shape index (κ3) is 5.21. The van der Waals surface area contributed by atoms with Gasteiger partial charge in [0, 0.05) is 17.6 Å². The van der Waals surface area contributed by atoms with Gasteiger partial charge in [-0.2, -0.15) is 5.26 Å². The summed E-state index contributed by atoms with van der Waals surface area (Å²) in [5.41, 5.74) is 2.16. The quantitative estimate of drug-likeness (QED) is 0.440. The highest BCUT2D eigenvalue weighted by molar-refractivity contribution is 6.30.